The molecule has 1 heterocycles. The molecule has 0 radical (unpaired) electrons. The summed E-state index contributed by atoms with van der Waals surface area (Å²) in [5, 5.41) is 14.2. The fourth-order valence-corrected chi connectivity index (χ4v) is 5.05. The maximum absolute atomic E-state index is 13.0. The van der Waals surface area contributed by atoms with Crippen molar-refractivity contribution in [3.63, 3.8) is 0 Å². The van der Waals surface area contributed by atoms with Crippen LogP contribution in [0.15, 0.2) is 47.4 Å². The van der Waals surface area contributed by atoms with E-state index in [0.717, 1.165) is 6.07 Å². The van der Waals surface area contributed by atoms with Crippen LogP contribution in [0.2, 0.25) is 5.02 Å². The van der Waals surface area contributed by atoms with Gasteiger partial charge in [-0.1, -0.05) is 29.8 Å². The van der Waals surface area contributed by atoms with Gasteiger partial charge in [-0.3, -0.25) is 19.8 Å². The lowest BCUT2D eigenvalue weighted by Crippen LogP contribution is -2.50. The third-order valence-electron chi connectivity index (χ3n) is 4.85. The SMILES string of the molecule is Cc1ccc([N+](=O)[O-])cc1S(=O)(=O)N1CCN(CC(=O)Nc2ccccc2Cl)CC1. The number of carbonyl (C=O) groups excluding carboxylic acids is 1. The largest absolute Gasteiger partial charge is 0.324 e. The van der Waals surface area contributed by atoms with Gasteiger partial charge in [0.25, 0.3) is 5.69 Å². The van der Waals surface area contributed by atoms with E-state index >= 15 is 0 Å². The molecule has 1 saturated heterocycles. The van der Waals surface area contributed by atoms with E-state index < -0.39 is 14.9 Å². The zero-order valence-corrected chi connectivity index (χ0v) is 17.8. The molecule has 1 N–H and O–H groups in total. The molecule has 0 spiro atoms. The third kappa shape index (κ3) is 4.96. The maximum atomic E-state index is 13.0. The molecule has 3 rings (SSSR count). The lowest BCUT2D eigenvalue weighted by molar-refractivity contribution is -0.385. The Morgan fingerprint density at radius 3 is 2.47 bits per heavy atom. The number of para-hydroxylation sites is 1. The fraction of sp³-hybridized carbons (Fsp3) is 0.316. The molecule has 1 fully saturated rings. The number of non-ortho nitro benzene ring substituents is 1. The summed E-state index contributed by atoms with van der Waals surface area (Å²) in [7, 11) is -3.87. The van der Waals surface area contributed by atoms with E-state index in [1.165, 1.54) is 16.4 Å². The van der Waals surface area contributed by atoms with Crippen molar-refractivity contribution in [3.05, 3.63) is 63.2 Å². The number of sulfonamides is 1. The predicted molar refractivity (Wildman–Crippen MR) is 113 cm³/mol. The molecule has 0 saturated carbocycles. The Labute approximate surface area is 179 Å². The highest BCUT2D eigenvalue weighted by molar-refractivity contribution is 7.89. The Morgan fingerprint density at radius 2 is 1.83 bits per heavy atom. The smallest absolute Gasteiger partial charge is 0.270 e. The Morgan fingerprint density at radius 1 is 1.17 bits per heavy atom. The van der Waals surface area contributed by atoms with Crippen molar-refractivity contribution in [1.29, 1.82) is 0 Å². The maximum Gasteiger partial charge on any atom is 0.270 e. The Hall–Kier alpha value is -2.53. The second kappa shape index (κ2) is 9.09. The van der Waals surface area contributed by atoms with Crippen molar-refractivity contribution in [2.24, 2.45) is 0 Å². The van der Waals surface area contributed by atoms with Gasteiger partial charge in [-0.05, 0) is 24.6 Å². The molecule has 0 aliphatic carbocycles. The van der Waals surface area contributed by atoms with E-state index in [1.54, 1.807) is 31.2 Å². The number of nitro benzene ring substituents is 1. The number of benzene rings is 2. The lowest BCUT2D eigenvalue weighted by atomic mass is 10.2. The van der Waals surface area contributed by atoms with Crippen LogP contribution in [0.3, 0.4) is 0 Å². The topological polar surface area (TPSA) is 113 Å². The highest BCUT2D eigenvalue weighted by Crippen LogP contribution is 2.25. The average Bonchev–Trinajstić information content (AvgIpc) is 2.70. The Bertz CT molecular complexity index is 1070. The first-order chi connectivity index (χ1) is 14.2. The van der Waals surface area contributed by atoms with E-state index in [2.05, 4.69) is 5.32 Å². The Kier molecular flexibility index (Phi) is 6.71. The van der Waals surface area contributed by atoms with Gasteiger partial charge in [0.1, 0.15) is 0 Å². The van der Waals surface area contributed by atoms with Crippen LogP contribution < -0.4 is 5.32 Å². The number of anilines is 1. The first-order valence-electron chi connectivity index (χ1n) is 9.20. The molecule has 160 valence electrons. The summed E-state index contributed by atoms with van der Waals surface area (Å²) in [5.74, 6) is -0.242. The molecule has 9 nitrogen and oxygen atoms in total. The summed E-state index contributed by atoms with van der Waals surface area (Å²) in [6.45, 7) is 2.81. The van der Waals surface area contributed by atoms with Gasteiger partial charge < -0.3 is 5.32 Å². The summed E-state index contributed by atoms with van der Waals surface area (Å²) < 4.78 is 27.3. The highest BCUT2D eigenvalue weighted by atomic mass is 35.5. The van der Waals surface area contributed by atoms with Crippen molar-refractivity contribution in [2.45, 2.75) is 11.8 Å². The summed E-state index contributed by atoms with van der Waals surface area (Å²) >= 11 is 6.04. The number of nitro groups is 1. The van der Waals surface area contributed by atoms with Crippen molar-refractivity contribution in [2.75, 3.05) is 38.0 Å². The van der Waals surface area contributed by atoms with Crippen LogP contribution in [-0.4, -0.2) is 61.2 Å². The number of piperazine rings is 1. The molecule has 0 bridgehead atoms. The molecule has 30 heavy (non-hydrogen) atoms. The van der Waals surface area contributed by atoms with Crippen LogP contribution >= 0.6 is 11.6 Å². The number of amides is 1. The molecule has 0 aromatic heterocycles. The zero-order valence-electron chi connectivity index (χ0n) is 16.2. The minimum Gasteiger partial charge on any atom is -0.324 e. The fourth-order valence-electron chi connectivity index (χ4n) is 3.20. The minimum absolute atomic E-state index is 0.0680. The van der Waals surface area contributed by atoms with E-state index in [9.17, 15) is 23.3 Å². The number of carbonyl (C=O) groups is 1. The second-order valence-electron chi connectivity index (χ2n) is 6.92. The van der Waals surface area contributed by atoms with Gasteiger partial charge in [-0.15, -0.1) is 0 Å². The summed E-state index contributed by atoms with van der Waals surface area (Å²) in [6.07, 6.45) is 0. The molecular formula is C19H21ClN4O5S. The molecule has 0 atom stereocenters. The van der Waals surface area contributed by atoms with E-state index in [1.807, 2.05) is 4.90 Å². The first kappa shape index (κ1) is 22.2. The normalized spacial score (nSPS) is 15.7. The third-order valence-corrected chi connectivity index (χ3v) is 7.22. The number of halogens is 1. The first-order valence-corrected chi connectivity index (χ1v) is 11.0. The monoisotopic (exact) mass is 452 g/mol. The van der Waals surface area contributed by atoms with Gasteiger partial charge >= 0.3 is 0 Å². The van der Waals surface area contributed by atoms with Crippen molar-refractivity contribution >= 4 is 38.9 Å². The van der Waals surface area contributed by atoms with Crippen LogP contribution in [0.1, 0.15) is 5.56 Å². The van der Waals surface area contributed by atoms with Crippen LogP contribution in [0.5, 0.6) is 0 Å². The number of hydrogen-bond donors (Lipinski definition) is 1. The van der Waals surface area contributed by atoms with Gasteiger partial charge in [-0.25, -0.2) is 8.42 Å². The van der Waals surface area contributed by atoms with Gasteiger partial charge in [0, 0.05) is 38.3 Å². The number of nitrogens with one attached hydrogen (secondary N) is 1. The van der Waals surface area contributed by atoms with Crippen LogP contribution in [0.25, 0.3) is 0 Å². The molecule has 1 amide bonds. The van der Waals surface area contributed by atoms with E-state index in [0.29, 0.717) is 29.4 Å². The molecule has 1 aliphatic heterocycles. The second-order valence-corrected chi connectivity index (χ2v) is 9.23. The summed E-state index contributed by atoms with van der Waals surface area (Å²) in [6, 6.07) is 10.7. The van der Waals surface area contributed by atoms with Crippen molar-refractivity contribution < 1.29 is 18.1 Å². The van der Waals surface area contributed by atoms with Crippen LogP contribution in [-0.2, 0) is 14.8 Å². The van der Waals surface area contributed by atoms with Gasteiger partial charge in [0.2, 0.25) is 15.9 Å². The number of rotatable bonds is 6. The number of nitrogens with zero attached hydrogens (tertiary/aromatic N) is 3. The van der Waals surface area contributed by atoms with Crippen LogP contribution in [0.4, 0.5) is 11.4 Å². The number of hydrogen-bond acceptors (Lipinski definition) is 6. The van der Waals surface area contributed by atoms with Gasteiger partial charge in [-0.2, -0.15) is 4.31 Å². The molecule has 0 unspecified atom stereocenters. The standard InChI is InChI=1S/C19H21ClN4O5S/c1-14-6-7-15(24(26)27)12-18(14)30(28,29)23-10-8-22(9-11-23)13-19(25)21-17-5-3-2-4-16(17)20/h2-7,12H,8-11,13H2,1H3,(H,21,25). The zero-order chi connectivity index (χ0) is 21.9. The summed E-state index contributed by atoms with van der Waals surface area (Å²) in [4.78, 5) is 24.4. The highest BCUT2D eigenvalue weighted by Gasteiger charge is 2.31. The minimum atomic E-state index is -3.87. The van der Waals surface area contributed by atoms with Crippen molar-refractivity contribution in [1.82, 2.24) is 9.21 Å². The van der Waals surface area contributed by atoms with Crippen LogP contribution in [0, 0.1) is 17.0 Å². The van der Waals surface area contributed by atoms with Gasteiger partial charge in [0.05, 0.1) is 27.1 Å². The molecule has 2 aromatic carbocycles. The summed E-state index contributed by atoms with van der Waals surface area (Å²) in [5.41, 5.74) is 0.697. The van der Waals surface area contributed by atoms with E-state index in [-0.39, 0.29) is 36.1 Å². The average molecular weight is 453 g/mol. The molecular weight excluding hydrogens is 432 g/mol. The molecule has 11 heteroatoms. The van der Waals surface area contributed by atoms with Gasteiger partial charge in [0.15, 0.2) is 0 Å². The Balaban J connectivity index is 1.62. The molecule has 1 aliphatic rings. The van der Waals surface area contributed by atoms with E-state index in [4.69, 9.17) is 11.6 Å². The van der Waals surface area contributed by atoms with Crippen molar-refractivity contribution in [3.8, 4) is 0 Å². The predicted octanol–water partition coefficient (Wildman–Crippen LogP) is 2.50. The quantitative estimate of drug-likeness (QED) is 0.532. The lowest BCUT2D eigenvalue weighted by Gasteiger charge is -2.33. The molecule has 2 aromatic rings. The number of aryl methyl sites for hydroxylation is 1.